The highest BCUT2D eigenvalue weighted by Crippen LogP contribution is 2.10. The lowest BCUT2D eigenvalue weighted by Gasteiger charge is -2.00. The summed E-state index contributed by atoms with van der Waals surface area (Å²) < 4.78 is 0. The van der Waals surface area contributed by atoms with Gasteiger partial charge in [0.15, 0.2) is 0 Å². The molecule has 0 fully saturated rings. The van der Waals surface area contributed by atoms with Crippen molar-refractivity contribution in [2.45, 2.75) is 13.0 Å². The largest absolute Gasteiger partial charge is 0.396 e. The molecule has 0 spiro atoms. The second kappa shape index (κ2) is 5.51. The summed E-state index contributed by atoms with van der Waals surface area (Å²) in [6.07, 6.45) is 4.47. The number of aliphatic hydroxyl groups excluding tert-OH is 2. The monoisotopic (exact) mass is 178 g/mol. The summed E-state index contributed by atoms with van der Waals surface area (Å²) in [7, 11) is 0. The Kier molecular flexibility index (Phi) is 4.23. The Morgan fingerprint density at radius 2 is 1.92 bits per heavy atom. The maximum atomic E-state index is 8.99. The molecule has 70 valence electrons. The van der Waals surface area contributed by atoms with Gasteiger partial charge in [0.1, 0.15) is 0 Å². The van der Waals surface area contributed by atoms with Gasteiger partial charge >= 0.3 is 0 Å². The molecule has 2 N–H and O–H groups in total. The molecule has 0 saturated carbocycles. The van der Waals surface area contributed by atoms with E-state index in [2.05, 4.69) is 0 Å². The highest BCUT2D eigenvalue weighted by molar-refractivity contribution is 5.53. The molecule has 0 aliphatic rings. The number of benzene rings is 1. The first-order valence-corrected chi connectivity index (χ1v) is 4.34. The molecule has 1 rings (SSSR count). The smallest absolute Gasteiger partial charge is 0.0687 e. The molecule has 0 amide bonds. The lowest BCUT2D eigenvalue weighted by molar-refractivity contribution is 0.281. The molecule has 0 saturated heterocycles. The van der Waals surface area contributed by atoms with Crippen molar-refractivity contribution in [3.63, 3.8) is 0 Å². The van der Waals surface area contributed by atoms with Gasteiger partial charge in [-0.25, -0.2) is 0 Å². The predicted molar refractivity (Wildman–Crippen MR) is 53.1 cm³/mol. The van der Waals surface area contributed by atoms with Gasteiger partial charge in [0.25, 0.3) is 0 Å². The Hall–Kier alpha value is -1.12. The third-order valence-electron chi connectivity index (χ3n) is 1.82. The van der Waals surface area contributed by atoms with Crippen LogP contribution in [0.2, 0.25) is 0 Å². The van der Waals surface area contributed by atoms with E-state index >= 15 is 0 Å². The zero-order chi connectivity index (χ0) is 9.52. The first-order valence-electron chi connectivity index (χ1n) is 4.34. The van der Waals surface area contributed by atoms with Crippen molar-refractivity contribution in [2.75, 3.05) is 6.61 Å². The average Bonchev–Trinajstić information content (AvgIpc) is 2.19. The van der Waals surface area contributed by atoms with Gasteiger partial charge in [0.05, 0.1) is 6.61 Å². The van der Waals surface area contributed by atoms with E-state index in [0.717, 1.165) is 11.1 Å². The molecule has 1 aromatic rings. The third-order valence-corrected chi connectivity index (χ3v) is 1.82. The highest BCUT2D eigenvalue weighted by atomic mass is 16.3. The Morgan fingerprint density at radius 1 is 1.15 bits per heavy atom. The minimum Gasteiger partial charge on any atom is -0.396 e. The van der Waals surface area contributed by atoms with Crippen LogP contribution in [0.5, 0.6) is 0 Å². The minimum atomic E-state index is 0.0552. The second-order valence-corrected chi connectivity index (χ2v) is 2.77. The molecule has 0 aliphatic heterocycles. The van der Waals surface area contributed by atoms with Gasteiger partial charge < -0.3 is 10.2 Å². The molecule has 2 nitrogen and oxygen atoms in total. The Balaban J connectivity index is 2.74. The standard InChI is InChI=1S/C11H14O2/c12-8-4-3-6-10-5-1-2-7-11(10)9-13/h1-3,5-7,12-13H,4,8-9H2/b6-3+. The average molecular weight is 178 g/mol. The Bertz CT molecular complexity index is 279. The zero-order valence-electron chi connectivity index (χ0n) is 7.48. The summed E-state index contributed by atoms with van der Waals surface area (Å²) in [5.74, 6) is 0. The van der Waals surface area contributed by atoms with Crippen molar-refractivity contribution in [2.24, 2.45) is 0 Å². The molecule has 0 heterocycles. The van der Waals surface area contributed by atoms with Crippen molar-refractivity contribution in [1.82, 2.24) is 0 Å². The van der Waals surface area contributed by atoms with E-state index < -0.39 is 0 Å². The summed E-state index contributed by atoms with van der Waals surface area (Å²) in [5, 5.41) is 17.6. The topological polar surface area (TPSA) is 40.5 Å². The van der Waals surface area contributed by atoms with Gasteiger partial charge in [0.2, 0.25) is 0 Å². The normalized spacial score (nSPS) is 10.9. The molecular weight excluding hydrogens is 164 g/mol. The van der Waals surface area contributed by atoms with Crippen LogP contribution in [-0.2, 0) is 6.61 Å². The fourth-order valence-corrected chi connectivity index (χ4v) is 1.13. The van der Waals surface area contributed by atoms with Gasteiger partial charge in [-0.2, -0.15) is 0 Å². The first-order chi connectivity index (χ1) is 6.38. The van der Waals surface area contributed by atoms with E-state index in [1.165, 1.54) is 0 Å². The van der Waals surface area contributed by atoms with Crippen LogP contribution in [0.3, 0.4) is 0 Å². The lowest BCUT2D eigenvalue weighted by atomic mass is 10.1. The molecule has 1 aromatic carbocycles. The van der Waals surface area contributed by atoms with Crippen molar-refractivity contribution in [3.8, 4) is 0 Å². The molecule has 0 bridgehead atoms. The number of aliphatic hydroxyl groups is 2. The fourth-order valence-electron chi connectivity index (χ4n) is 1.13. The highest BCUT2D eigenvalue weighted by Gasteiger charge is 1.94. The van der Waals surface area contributed by atoms with E-state index in [1.807, 2.05) is 36.4 Å². The minimum absolute atomic E-state index is 0.0552. The molecule has 0 aliphatic carbocycles. The SMILES string of the molecule is OCC/C=C/c1ccccc1CO. The number of rotatable bonds is 4. The summed E-state index contributed by atoms with van der Waals surface area (Å²) >= 11 is 0. The molecule has 0 aromatic heterocycles. The van der Waals surface area contributed by atoms with Crippen molar-refractivity contribution in [3.05, 3.63) is 41.5 Å². The van der Waals surface area contributed by atoms with E-state index in [9.17, 15) is 0 Å². The summed E-state index contributed by atoms with van der Waals surface area (Å²) in [6.45, 7) is 0.220. The fraction of sp³-hybridized carbons (Fsp3) is 0.273. The van der Waals surface area contributed by atoms with Gasteiger partial charge in [-0.15, -0.1) is 0 Å². The van der Waals surface area contributed by atoms with E-state index in [-0.39, 0.29) is 13.2 Å². The molecule has 0 radical (unpaired) electrons. The van der Waals surface area contributed by atoms with Crippen LogP contribution in [0.4, 0.5) is 0 Å². The van der Waals surface area contributed by atoms with Crippen LogP contribution >= 0.6 is 0 Å². The number of hydrogen-bond donors (Lipinski definition) is 2. The first kappa shape index (κ1) is 9.96. The maximum Gasteiger partial charge on any atom is 0.0687 e. The quantitative estimate of drug-likeness (QED) is 0.734. The number of hydrogen-bond acceptors (Lipinski definition) is 2. The van der Waals surface area contributed by atoms with E-state index in [4.69, 9.17) is 10.2 Å². The van der Waals surface area contributed by atoms with Crippen LogP contribution < -0.4 is 0 Å². The molecular formula is C11H14O2. The predicted octanol–water partition coefficient (Wildman–Crippen LogP) is 1.57. The second-order valence-electron chi connectivity index (χ2n) is 2.77. The molecule has 2 heteroatoms. The van der Waals surface area contributed by atoms with Crippen molar-refractivity contribution in [1.29, 1.82) is 0 Å². The van der Waals surface area contributed by atoms with Gasteiger partial charge in [-0.3, -0.25) is 0 Å². The van der Waals surface area contributed by atoms with Gasteiger partial charge in [0, 0.05) is 6.61 Å². The molecule has 0 unspecified atom stereocenters. The summed E-state index contributed by atoms with van der Waals surface area (Å²) in [5.41, 5.74) is 1.93. The Labute approximate surface area is 78.2 Å². The molecule has 13 heavy (non-hydrogen) atoms. The van der Waals surface area contributed by atoms with Crippen LogP contribution in [-0.4, -0.2) is 16.8 Å². The van der Waals surface area contributed by atoms with Gasteiger partial charge in [-0.1, -0.05) is 36.4 Å². The zero-order valence-corrected chi connectivity index (χ0v) is 7.48. The van der Waals surface area contributed by atoms with Crippen molar-refractivity contribution < 1.29 is 10.2 Å². The summed E-state index contributed by atoms with van der Waals surface area (Å²) in [6, 6.07) is 7.66. The molecule has 0 atom stereocenters. The third kappa shape index (κ3) is 3.01. The van der Waals surface area contributed by atoms with E-state index in [1.54, 1.807) is 0 Å². The maximum absolute atomic E-state index is 8.99. The van der Waals surface area contributed by atoms with Crippen LogP contribution in [0.1, 0.15) is 17.5 Å². The van der Waals surface area contributed by atoms with Crippen LogP contribution in [0, 0.1) is 0 Å². The van der Waals surface area contributed by atoms with Crippen LogP contribution in [0.25, 0.3) is 6.08 Å². The Morgan fingerprint density at radius 3 is 2.62 bits per heavy atom. The lowest BCUT2D eigenvalue weighted by Crippen LogP contribution is -1.87. The van der Waals surface area contributed by atoms with Gasteiger partial charge in [-0.05, 0) is 17.5 Å². The van der Waals surface area contributed by atoms with Crippen LogP contribution in [0.15, 0.2) is 30.3 Å². The van der Waals surface area contributed by atoms with E-state index in [0.29, 0.717) is 6.42 Å². The van der Waals surface area contributed by atoms with Crippen molar-refractivity contribution >= 4 is 6.08 Å². The summed E-state index contributed by atoms with van der Waals surface area (Å²) in [4.78, 5) is 0.